The summed E-state index contributed by atoms with van der Waals surface area (Å²) in [6.07, 6.45) is 1.60. The Labute approximate surface area is 77.6 Å². The van der Waals surface area contributed by atoms with Crippen LogP contribution in [0.15, 0.2) is 12.3 Å². The average molecular weight is 181 g/mol. The predicted octanol–water partition coefficient (Wildman–Crippen LogP) is 0.138. The van der Waals surface area contributed by atoms with Gasteiger partial charge in [-0.25, -0.2) is 4.98 Å². The molecule has 72 valence electrons. The molecule has 0 amide bonds. The van der Waals surface area contributed by atoms with Gasteiger partial charge in [-0.15, -0.1) is 0 Å². The molecule has 0 fully saturated rings. The van der Waals surface area contributed by atoms with Gasteiger partial charge >= 0.3 is 0 Å². The third-order valence-corrected chi connectivity index (χ3v) is 2.11. The number of anilines is 1. The second-order valence-electron chi connectivity index (χ2n) is 3.50. The zero-order valence-corrected chi connectivity index (χ0v) is 7.91. The molecule has 13 heavy (non-hydrogen) atoms. The van der Waals surface area contributed by atoms with Gasteiger partial charge in [-0.3, -0.25) is 0 Å². The van der Waals surface area contributed by atoms with E-state index in [1.807, 2.05) is 13.0 Å². The molecule has 1 rings (SSSR count). The van der Waals surface area contributed by atoms with Gasteiger partial charge in [0.1, 0.15) is 5.82 Å². The van der Waals surface area contributed by atoms with Gasteiger partial charge in [-0.2, -0.15) is 0 Å². The summed E-state index contributed by atoms with van der Waals surface area (Å²) < 4.78 is 0. The van der Waals surface area contributed by atoms with Crippen LogP contribution in [0, 0.1) is 6.92 Å². The minimum atomic E-state index is -0.745. The lowest BCUT2D eigenvalue weighted by Crippen LogP contribution is -2.37. The van der Waals surface area contributed by atoms with Gasteiger partial charge in [-0.1, -0.05) is 0 Å². The van der Waals surface area contributed by atoms with Crippen LogP contribution in [0.2, 0.25) is 0 Å². The Bertz CT molecular complexity index is 310. The Morgan fingerprint density at radius 3 is 2.69 bits per heavy atom. The van der Waals surface area contributed by atoms with Crippen LogP contribution in [0.5, 0.6) is 0 Å². The highest BCUT2D eigenvalue weighted by Gasteiger charge is 2.20. The molecule has 0 aliphatic heterocycles. The maximum Gasteiger partial charge on any atom is 0.126 e. The summed E-state index contributed by atoms with van der Waals surface area (Å²) in [5, 5.41) is 9.02. The molecular weight excluding hydrogens is 166 g/mol. The number of pyridine rings is 1. The Balaban J connectivity index is 3.10. The van der Waals surface area contributed by atoms with Crippen molar-refractivity contribution < 1.29 is 5.11 Å². The van der Waals surface area contributed by atoms with Gasteiger partial charge in [-0.05, 0) is 31.0 Å². The lowest BCUT2D eigenvalue weighted by molar-refractivity contribution is 0.210. The number of aromatic nitrogens is 1. The Hall–Kier alpha value is -1.13. The smallest absolute Gasteiger partial charge is 0.126 e. The minimum absolute atomic E-state index is 0.113. The zero-order valence-electron chi connectivity index (χ0n) is 7.91. The van der Waals surface area contributed by atoms with Gasteiger partial charge in [0.15, 0.2) is 0 Å². The Kier molecular flexibility index (Phi) is 2.54. The van der Waals surface area contributed by atoms with E-state index in [2.05, 4.69) is 4.98 Å². The van der Waals surface area contributed by atoms with E-state index in [-0.39, 0.29) is 6.61 Å². The normalized spacial score (nSPS) is 15.4. The number of hydrogen-bond donors (Lipinski definition) is 3. The van der Waals surface area contributed by atoms with Crippen LogP contribution in [0.3, 0.4) is 0 Å². The number of aryl methyl sites for hydroxylation is 1. The van der Waals surface area contributed by atoms with Crippen LogP contribution in [-0.4, -0.2) is 16.7 Å². The first-order chi connectivity index (χ1) is 5.97. The Morgan fingerprint density at radius 2 is 2.23 bits per heavy atom. The van der Waals surface area contributed by atoms with Crippen LogP contribution >= 0.6 is 0 Å². The first-order valence-electron chi connectivity index (χ1n) is 4.09. The number of hydrogen-bond acceptors (Lipinski definition) is 4. The van der Waals surface area contributed by atoms with E-state index in [1.165, 1.54) is 0 Å². The number of rotatable bonds is 2. The van der Waals surface area contributed by atoms with Gasteiger partial charge in [0.25, 0.3) is 0 Å². The van der Waals surface area contributed by atoms with Crippen LogP contribution < -0.4 is 11.5 Å². The van der Waals surface area contributed by atoms with Crippen molar-refractivity contribution in [2.45, 2.75) is 19.4 Å². The van der Waals surface area contributed by atoms with Crippen molar-refractivity contribution >= 4 is 5.82 Å². The SMILES string of the molecule is Cc1cc([C@](C)(N)CO)cnc1N. The lowest BCUT2D eigenvalue weighted by Gasteiger charge is -2.22. The molecule has 5 N–H and O–H groups in total. The van der Waals surface area contributed by atoms with E-state index in [0.717, 1.165) is 11.1 Å². The summed E-state index contributed by atoms with van der Waals surface area (Å²) >= 11 is 0. The minimum Gasteiger partial charge on any atom is -0.394 e. The summed E-state index contributed by atoms with van der Waals surface area (Å²) in [7, 11) is 0. The second-order valence-corrected chi connectivity index (χ2v) is 3.50. The third kappa shape index (κ3) is 1.96. The number of nitrogen functional groups attached to an aromatic ring is 1. The maximum atomic E-state index is 9.02. The number of aliphatic hydroxyl groups excluding tert-OH is 1. The molecule has 1 aromatic rings. The molecule has 0 radical (unpaired) electrons. The standard InChI is InChI=1S/C9H15N3O/c1-6-3-7(4-12-8(6)10)9(2,11)5-13/h3-4,13H,5,11H2,1-2H3,(H2,10,12)/t9-/m1/s1. The van der Waals surface area contributed by atoms with Gasteiger partial charge in [0.2, 0.25) is 0 Å². The summed E-state index contributed by atoms with van der Waals surface area (Å²) in [5.74, 6) is 0.498. The van der Waals surface area contributed by atoms with Crippen LogP contribution in [-0.2, 0) is 5.54 Å². The van der Waals surface area contributed by atoms with Gasteiger partial charge < -0.3 is 16.6 Å². The van der Waals surface area contributed by atoms with E-state index in [9.17, 15) is 0 Å². The fourth-order valence-corrected chi connectivity index (χ4v) is 0.989. The molecule has 0 saturated carbocycles. The first kappa shape index (κ1) is 9.95. The Morgan fingerprint density at radius 1 is 1.62 bits per heavy atom. The molecular formula is C9H15N3O. The molecule has 0 aliphatic rings. The van der Waals surface area contributed by atoms with E-state index >= 15 is 0 Å². The molecule has 1 atom stereocenters. The van der Waals surface area contributed by atoms with Crippen molar-refractivity contribution in [1.29, 1.82) is 0 Å². The van der Waals surface area contributed by atoms with Crippen molar-refractivity contribution in [1.82, 2.24) is 4.98 Å². The monoisotopic (exact) mass is 181 g/mol. The molecule has 0 aliphatic carbocycles. The molecule has 0 aromatic carbocycles. The van der Waals surface area contributed by atoms with Crippen molar-refractivity contribution in [3.8, 4) is 0 Å². The fourth-order valence-electron chi connectivity index (χ4n) is 0.989. The molecule has 0 saturated heterocycles. The third-order valence-electron chi connectivity index (χ3n) is 2.11. The van der Waals surface area contributed by atoms with Gasteiger partial charge in [0, 0.05) is 6.20 Å². The number of nitrogens with zero attached hydrogens (tertiary/aromatic N) is 1. The molecule has 4 nitrogen and oxygen atoms in total. The van der Waals surface area contributed by atoms with E-state index < -0.39 is 5.54 Å². The highest BCUT2D eigenvalue weighted by atomic mass is 16.3. The van der Waals surface area contributed by atoms with Crippen LogP contribution in [0.4, 0.5) is 5.82 Å². The van der Waals surface area contributed by atoms with Crippen molar-refractivity contribution in [2.75, 3.05) is 12.3 Å². The van der Waals surface area contributed by atoms with Crippen molar-refractivity contribution in [3.63, 3.8) is 0 Å². The van der Waals surface area contributed by atoms with E-state index in [1.54, 1.807) is 13.1 Å². The molecule has 1 heterocycles. The largest absolute Gasteiger partial charge is 0.394 e. The van der Waals surface area contributed by atoms with E-state index in [0.29, 0.717) is 5.82 Å². The highest BCUT2D eigenvalue weighted by Crippen LogP contribution is 2.19. The van der Waals surface area contributed by atoms with Gasteiger partial charge in [0.05, 0.1) is 12.1 Å². The quantitative estimate of drug-likeness (QED) is 0.605. The van der Waals surface area contributed by atoms with Crippen LogP contribution in [0.1, 0.15) is 18.1 Å². The van der Waals surface area contributed by atoms with E-state index in [4.69, 9.17) is 16.6 Å². The highest BCUT2D eigenvalue weighted by molar-refractivity contribution is 5.41. The summed E-state index contributed by atoms with van der Waals surface area (Å²) in [5.41, 5.74) is 12.3. The van der Waals surface area contributed by atoms with Crippen molar-refractivity contribution in [2.24, 2.45) is 5.73 Å². The topological polar surface area (TPSA) is 85.2 Å². The second kappa shape index (κ2) is 3.32. The molecule has 4 heteroatoms. The zero-order chi connectivity index (χ0) is 10.1. The van der Waals surface area contributed by atoms with Crippen molar-refractivity contribution in [3.05, 3.63) is 23.4 Å². The molecule has 0 bridgehead atoms. The first-order valence-corrected chi connectivity index (χ1v) is 4.09. The lowest BCUT2D eigenvalue weighted by atomic mass is 9.95. The molecule has 0 spiro atoms. The summed E-state index contributed by atoms with van der Waals surface area (Å²) in [6.45, 7) is 3.50. The summed E-state index contributed by atoms with van der Waals surface area (Å²) in [6, 6.07) is 1.85. The molecule has 0 unspecified atom stereocenters. The predicted molar refractivity (Wildman–Crippen MR) is 52.0 cm³/mol. The average Bonchev–Trinajstić information content (AvgIpc) is 2.09. The fraction of sp³-hybridized carbons (Fsp3) is 0.444. The maximum absolute atomic E-state index is 9.02. The van der Waals surface area contributed by atoms with Crippen LogP contribution in [0.25, 0.3) is 0 Å². The number of nitrogens with two attached hydrogens (primary N) is 2. The molecule has 1 aromatic heterocycles. The summed E-state index contributed by atoms with van der Waals surface area (Å²) in [4.78, 5) is 3.98. The number of aliphatic hydroxyl groups is 1.